The van der Waals surface area contributed by atoms with Crippen LogP contribution in [0.2, 0.25) is 0 Å². The molecule has 0 amide bonds. The van der Waals surface area contributed by atoms with Gasteiger partial charge in [-0.15, -0.1) is 0 Å². The van der Waals surface area contributed by atoms with Crippen molar-refractivity contribution in [2.24, 2.45) is 0 Å². The molecule has 2 heterocycles. The lowest BCUT2D eigenvalue weighted by Gasteiger charge is -2.05. The zero-order chi connectivity index (χ0) is 13.2. The van der Waals surface area contributed by atoms with Crippen molar-refractivity contribution in [3.05, 3.63) is 60.6 Å². The van der Waals surface area contributed by atoms with Crippen molar-refractivity contribution in [2.45, 2.75) is 0 Å². The number of pyridine rings is 1. The second-order valence-corrected chi connectivity index (χ2v) is 4.13. The highest BCUT2D eigenvalue weighted by atomic mass is 16.5. The Balaban J connectivity index is 2.23. The standard InChI is InChI=1S/C15H12N2O2/c1-19-15(18)13-5-2-6-14-12(13)7-9-17(14)11-4-3-8-16-10-11/h2-10H,1H3. The summed E-state index contributed by atoms with van der Waals surface area (Å²) in [4.78, 5) is 15.8. The van der Waals surface area contributed by atoms with Gasteiger partial charge in [0.15, 0.2) is 0 Å². The number of hydrogen-bond acceptors (Lipinski definition) is 3. The third-order valence-electron chi connectivity index (χ3n) is 3.06. The molecule has 0 aliphatic heterocycles. The zero-order valence-electron chi connectivity index (χ0n) is 10.4. The molecule has 0 bridgehead atoms. The minimum atomic E-state index is -0.325. The van der Waals surface area contributed by atoms with Crippen LogP contribution in [0.1, 0.15) is 10.4 Å². The van der Waals surface area contributed by atoms with Crippen molar-refractivity contribution < 1.29 is 9.53 Å². The lowest BCUT2D eigenvalue weighted by Crippen LogP contribution is -2.01. The summed E-state index contributed by atoms with van der Waals surface area (Å²) in [5, 5.41) is 0.873. The summed E-state index contributed by atoms with van der Waals surface area (Å²) in [5.41, 5.74) is 2.48. The smallest absolute Gasteiger partial charge is 0.338 e. The maximum absolute atomic E-state index is 11.7. The molecule has 0 radical (unpaired) electrons. The van der Waals surface area contributed by atoms with Crippen LogP contribution in [0.4, 0.5) is 0 Å². The molecule has 19 heavy (non-hydrogen) atoms. The number of aromatic nitrogens is 2. The molecule has 3 aromatic rings. The average molecular weight is 252 g/mol. The van der Waals surface area contributed by atoms with E-state index in [2.05, 4.69) is 4.98 Å². The first kappa shape index (κ1) is 11.5. The molecule has 0 aliphatic carbocycles. The molecule has 0 N–H and O–H groups in total. The van der Waals surface area contributed by atoms with Gasteiger partial charge >= 0.3 is 5.97 Å². The van der Waals surface area contributed by atoms with Crippen LogP contribution in [0.25, 0.3) is 16.6 Å². The van der Waals surface area contributed by atoms with E-state index in [0.717, 1.165) is 16.6 Å². The number of carbonyl (C=O) groups excluding carboxylic acids is 1. The molecule has 0 atom stereocenters. The van der Waals surface area contributed by atoms with Gasteiger partial charge in [0.25, 0.3) is 0 Å². The number of rotatable bonds is 2. The topological polar surface area (TPSA) is 44.1 Å². The van der Waals surface area contributed by atoms with Gasteiger partial charge in [-0.3, -0.25) is 4.98 Å². The van der Waals surface area contributed by atoms with Crippen LogP contribution in [0.3, 0.4) is 0 Å². The van der Waals surface area contributed by atoms with Gasteiger partial charge in [0, 0.05) is 17.8 Å². The minimum absolute atomic E-state index is 0.325. The van der Waals surface area contributed by atoms with Gasteiger partial charge in [-0.2, -0.15) is 0 Å². The first-order valence-corrected chi connectivity index (χ1v) is 5.90. The molecule has 0 saturated carbocycles. The fourth-order valence-corrected chi connectivity index (χ4v) is 2.18. The van der Waals surface area contributed by atoms with Crippen molar-refractivity contribution in [2.75, 3.05) is 7.11 Å². The number of ether oxygens (including phenoxy) is 1. The first-order valence-electron chi connectivity index (χ1n) is 5.90. The Morgan fingerprint density at radius 3 is 2.84 bits per heavy atom. The Labute approximate surface area is 110 Å². The van der Waals surface area contributed by atoms with Gasteiger partial charge in [0.2, 0.25) is 0 Å². The zero-order valence-corrected chi connectivity index (χ0v) is 10.4. The number of fused-ring (bicyclic) bond motifs is 1. The number of benzene rings is 1. The summed E-state index contributed by atoms with van der Waals surface area (Å²) >= 11 is 0. The Morgan fingerprint density at radius 2 is 2.11 bits per heavy atom. The third-order valence-corrected chi connectivity index (χ3v) is 3.06. The molecule has 3 rings (SSSR count). The molecule has 0 spiro atoms. The molecule has 4 nitrogen and oxygen atoms in total. The highest BCUT2D eigenvalue weighted by Gasteiger charge is 2.12. The Bertz CT molecular complexity index is 732. The lowest BCUT2D eigenvalue weighted by molar-refractivity contribution is 0.0603. The van der Waals surface area contributed by atoms with Crippen molar-refractivity contribution in [1.82, 2.24) is 9.55 Å². The summed E-state index contributed by atoms with van der Waals surface area (Å²) in [5.74, 6) is -0.325. The van der Waals surface area contributed by atoms with Gasteiger partial charge in [0.1, 0.15) is 0 Å². The number of methoxy groups -OCH3 is 1. The van der Waals surface area contributed by atoms with Crippen molar-refractivity contribution >= 4 is 16.9 Å². The second kappa shape index (κ2) is 4.57. The molecule has 0 aliphatic rings. The summed E-state index contributed by atoms with van der Waals surface area (Å²) in [6.07, 6.45) is 5.44. The van der Waals surface area contributed by atoms with E-state index >= 15 is 0 Å². The maximum atomic E-state index is 11.7. The summed E-state index contributed by atoms with van der Waals surface area (Å²) in [6.45, 7) is 0. The molecular weight excluding hydrogens is 240 g/mol. The van der Waals surface area contributed by atoms with Gasteiger partial charge in [-0.05, 0) is 30.3 Å². The number of hydrogen-bond donors (Lipinski definition) is 0. The van der Waals surface area contributed by atoms with Crippen LogP contribution >= 0.6 is 0 Å². The van der Waals surface area contributed by atoms with E-state index in [-0.39, 0.29) is 5.97 Å². The highest BCUT2D eigenvalue weighted by molar-refractivity contribution is 6.04. The van der Waals surface area contributed by atoms with Crippen LogP contribution in [-0.2, 0) is 4.74 Å². The highest BCUT2D eigenvalue weighted by Crippen LogP contribution is 2.23. The molecule has 1 aromatic carbocycles. The van der Waals surface area contributed by atoms with E-state index < -0.39 is 0 Å². The Kier molecular flexibility index (Phi) is 2.76. The normalized spacial score (nSPS) is 10.6. The SMILES string of the molecule is COC(=O)c1cccc2c1ccn2-c1cccnc1. The van der Waals surface area contributed by atoms with Crippen LogP contribution in [0.5, 0.6) is 0 Å². The Morgan fingerprint density at radius 1 is 1.21 bits per heavy atom. The Hall–Kier alpha value is -2.62. The molecule has 4 heteroatoms. The van der Waals surface area contributed by atoms with E-state index in [1.165, 1.54) is 7.11 Å². The maximum Gasteiger partial charge on any atom is 0.338 e. The van der Waals surface area contributed by atoms with E-state index in [4.69, 9.17) is 4.74 Å². The second-order valence-electron chi connectivity index (χ2n) is 4.13. The van der Waals surface area contributed by atoms with Gasteiger partial charge < -0.3 is 9.30 Å². The van der Waals surface area contributed by atoms with Crippen LogP contribution in [0, 0.1) is 0 Å². The molecule has 2 aromatic heterocycles. The van der Waals surface area contributed by atoms with Crippen LogP contribution in [-0.4, -0.2) is 22.6 Å². The van der Waals surface area contributed by atoms with Gasteiger partial charge in [0.05, 0.1) is 30.1 Å². The number of esters is 1. The quantitative estimate of drug-likeness (QED) is 0.659. The molecule has 94 valence electrons. The van der Waals surface area contributed by atoms with Crippen LogP contribution < -0.4 is 0 Å². The molecule has 0 unspecified atom stereocenters. The van der Waals surface area contributed by atoms with E-state index in [9.17, 15) is 4.79 Å². The van der Waals surface area contributed by atoms with E-state index in [0.29, 0.717) is 5.56 Å². The molecule has 0 fully saturated rings. The van der Waals surface area contributed by atoms with E-state index in [1.54, 1.807) is 18.5 Å². The third kappa shape index (κ3) is 1.87. The summed E-state index contributed by atoms with van der Waals surface area (Å²) in [7, 11) is 1.39. The largest absolute Gasteiger partial charge is 0.465 e. The lowest BCUT2D eigenvalue weighted by atomic mass is 10.1. The van der Waals surface area contributed by atoms with Crippen molar-refractivity contribution in [3.8, 4) is 5.69 Å². The predicted molar refractivity (Wildman–Crippen MR) is 72.4 cm³/mol. The van der Waals surface area contributed by atoms with Crippen LogP contribution in [0.15, 0.2) is 55.0 Å². The fraction of sp³-hybridized carbons (Fsp3) is 0.0667. The van der Waals surface area contributed by atoms with Crippen molar-refractivity contribution in [3.63, 3.8) is 0 Å². The summed E-state index contributed by atoms with van der Waals surface area (Å²) < 4.78 is 6.79. The van der Waals surface area contributed by atoms with E-state index in [1.807, 2.05) is 41.1 Å². The molecular formula is C15H12N2O2. The monoisotopic (exact) mass is 252 g/mol. The summed E-state index contributed by atoms with van der Waals surface area (Å²) in [6, 6.07) is 11.3. The number of nitrogens with zero attached hydrogens (tertiary/aromatic N) is 2. The minimum Gasteiger partial charge on any atom is -0.465 e. The predicted octanol–water partition coefficient (Wildman–Crippen LogP) is 2.81. The molecule has 0 saturated heterocycles. The first-order chi connectivity index (χ1) is 9.31. The number of carbonyl (C=O) groups is 1. The fourth-order valence-electron chi connectivity index (χ4n) is 2.18. The van der Waals surface area contributed by atoms with Gasteiger partial charge in [-0.25, -0.2) is 4.79 Å². The van der Waals surface area contributed by atoms with Gasteiger partial charge in [-0.1, -0.05) is 6.07 Å². The average Bonchev–Trinajstić information content (AvgIpc) is 2.91. The van der Waals surface area contributed by atoms with Crippen molar-refractivity contribution in [1.29, 1.82) is 0 Å².